The van der Waals surface area contributed by atoms with Crippen molar-refractivity contribution in [3.8, 4) is 5.75 Å². The maximum absolute atomic E-state index is 12.2. The number of aromatic nitrogens is 1. The van der Waals surface area contributed by atoms with E-state index in [1.54, 1.807) is 0 Å². The Morgan fingerprint density at radius 1 is 1.32 bits per heavy atom. The molecule has 0 aliphatic carbocycles. The first-order valence-corrected chi connectivity index (χ1v) is 7.75. The molecule has 9 heteroatoms. The number of anilines is 1. The van der Waals surface area contributed by atoms with Crippen LogP contribution in [-0.2, 0) is 10.0 Å². The number of ether oxygens (including phenoxy) is 1. The fourth-order valence-electron chi connectivity index (χ4n) is 1.59. The van der Waals surface area contributed by atoms with Crippen LogP contribution in [0, 0.1) is 0 Å². The lowest BCUT2D eigenvalue weighted by molar-refractivity contribution is 0.0696. The SMILES string of the molecule is COc1ccc(S(=O)(=O)Nc2ccc(C(=O)O)cn2)cc1Cl. The fourth-order valence-corrected chi connectivity index (χ4v) is 2.95. The second-order valence-corrected chi connectivity index (χ2v) is 6.23. The molecule has 2 rings (SSSR count). The summed E-state index contributed by atoms with van der Waals surface area (Å²) in [4.78, 5) is 14.4. The number of carboxylic acid groups (broad SMARTS) is 1. The summed E-state index contributed by atoms with van der Waals surface area (Å²) in [5.41, 5.74) is -0.0459. The second-order valence-electron chi connectivity index (χ2n) is 4.14. The topological polar surface area (TPSA) is 106 Å². The van der Waals surface area contributed by atoms with E-state index in [0.29, 0.717) is 5.75 Å². The minimum Gasteiger partial charge on any atom is -0.495 e. The number of sulfonamides is 1. The van der Waals surface area contributed by atoms with E-state index < -0.39 is 16.0 Å². The van der Waals surface area contributed by atoms with E-state index >= 15 is 0 Å². The first kappa shape index (κ1) is 16.1. The maximum atomic E-state index is 12.2. The number of carbonyl (C=O) groups is 1. The molecule has 0 fully saturated rings. The minimum atomic E-state index is -3.89. The van der Waals surface area contributed by atoms with Crippen molar-refractivity contribution in [2.24, 2.45) is 0 Å². The van der Waals surface area contributed by atoms with Crippen LogP contribution in [0.25, 0.3) is 0 Å². The smallest absolute Gasteiger partial charge is 0.337 e. The predicted octanol–water partition coefficient (Wildman–Crippen LogP) is 2.24. The molecule has 7 nitrogen and oxygen atoms in total. The van der Waals surface area contributed by atoms with Gasteiger partial charge in [0.25, 0.3) is 10.0 Å². The summed E-state index contributed by atoms with van der Waals surface area (Å²) in [6.45, 7) is 0. The quantitative estimate of drug-likeness (QED) is 0.863. The number of benzene rings is 1. The monoisotopic (exact) mass is 342 g/mol. The number of hydrogen-bond acceptors (Lipinski definition) is 5. The second kappa shape index (κ2) is 6.20. The summed E-state index contributed by atoms with van der Waals surface area (Å²) < 4.78 is 31.6. The zero-order valence-electron chi connectivity index (χ0n) is 11.3. The number of nitrogens with zero attached hydrogens (tertiary/aromatic N) is 1. The highest BCUT2D eigenvalue weighted by molar-refractivity contribution is 7.92. The van der Waals surface area contributed by atoms with E-state index in [1.165, 1.54) is 37.4 Å². The van der Waals surface area contributed by atoms with Gasteiger partial charge in [0.15, 0.2) is 0 Å². The Morgan fingerprint density at radius 2 is 2.05 bits per heavy atom. The molecule has 2 N–H and O–H groups in total. The number of nitrogens with one attached hydrogen (secondary N) is 1. The zero-order valence-corrected chi connectivity index (χ0v) is 12.9. The zero-order chi connectivity index (χ0) is 16.3. The lowest BCUT2D eigenvalue weighted by Crippen LogP contribution is -2.14. The van der Waals surface area contributed by atoms with Crippen LogP contribution >= 0.6 is 11.6 Å². The molecule has 116 valence electrons. The standard InChI is InChI=1S/C13H11ClN2O5S/c1-21-11-4-3-9(6-10(11)14)22(19,20)16-12-5-2-8(7-15-12)13(17)18/h2-7H,1H3,(H,15,16)(H,17,18). The van der Waals surface area contributed by atoms with Gasteiger partial charge in [0, 0.05) is 6.20 Å². The molecule has 1 aromatic carbocycles. The van der Waals surface area contributed by atoms with Crippen molar-refractivity contribution in [1.82, 2.24) is 4.98 Å². The Kier molecular flexibility index (Phi) is 4.53. The summed E-state index contributed by atoms with van der Waals surface area (Å²) in [7, 11) is -2.48. The average Bonchev–Trinajstić information content (AvgIpc) is 2.47. The number of aromatic carboxylic acids is 1. The molecule has 0 saturated heterocycles. The van der Waals surface area contributed by atoms with Gasteiger partial charge >= 0.3 is 5.97 Å². The van der Waals surface area contributed by atoms with Crippen LogP contribution in [0.1, 0.15) is 10.4 Å². The van der Waals surface area contributed by atoms with Crippen molar-refractivity contribution >= 4 is 33.4 Å². The van der Waals surface area contributed by atoms with E-state index in [2.05, 4.69) is 9.71 Å². The third kappa shape index (κ3) is 3.46. The largest absolute Gasteiger partial charge is 0.495 e. The number of hydrogen-bond donors (Lipinski definition) is 2. The number of pyridine rings is 1. The van der Waals surface area contributed by atoms with Crippen LogP contribution in [0.2, 0.25) is 5.02 Å². The van der Waals surface area contributed by atoms with Crippen molar-refractivity contribution in [3.63, 3.8) is 0 Å². The summed E-state index contributed by atoms with van der Waals surface area (Å²) in [6, 6.07) is 6.51. The van der Waals surface area contributed by atoms with Gasteiger partial charge in [0.2, 0.25) is 0 Å². The van der Waals surface area contributed by atoms with E-state index in [0.717, 1.165) is 6.20 Å². The van der Waals surface area contributed by atoms with E-state index in [1.807, 2.05) is 0 Å². The highest BCUT2D eigenvalue weighted by Gasteiger charge is 2.17. The number of methoxy groups -OCH3 is 1. The normalized spacial score (nSPS) is 11.0. The van der Waals surface area contributed by atoms with Crippen molar-refractivity contribution < 1.29 is 23.1 Å². The van der Waals surface area contributed by atoms with Crippen molar-refractivity contribution in [2.45, 2.75) is 4.90 Å². The van der Waals surface area contributed by atoms with Gasteiger partial charge in [0.05, 0.1) is 22.6 Å². The van der Waals surface area contributed by atoms with E-state index in [9.17, 15) is 13.2 Å². The van der Waals surface area contributed by atoms with E-state index in [4.69, 9.17) is 21.4 Å². The molecule has 1 heterocycles. The van der Waals surface area contributed by atoms with Gasteiger partial charge in [-0.15, -0.1) is 0 Å². The summed E-state index contributed by atoms with van der Waals surface area (Å²) in [5.74, 6) is -0.801. The molecule has 0 bridgehead atoms. The third-order valence-electron chi connectivity index (χ3n) is 2.68. The van der Waals surface area contributed by atoms with E-state index in [-0.39, 0.29) is 21.3 Å². The first-order chi connectivity index (χ1) is 10.3. The van der Waals surface area contributed by atoms with Gasteiger partial charge in [-0.25, -0.2) is 18.2 Å². The molecule has 0 atom stereocenters. The Bertz CT molecular complexity index is 806. The molecule has 0 unspecified atom stereocenters. The lowest BCUT2D eigenvalue weighted by Gasteiger charge is -2.09. The van der Waals surface area contributed by atoms with Crippen LogP contribution in [-0.4, -0.2) is 31.6 Å². The molecule has 0 aliphatic rings. The van der Waals surface area contributed by atoms with Gasteiger partial charge in [-0.05, 0) is 30.3 Å². The fraction of sp³-hybridized carbons (Fsp3) is 0.0769. The molecule has 2 aromatic rings. The Hall–Kier alpha value is -2.32. The summed E-state index contributed by atoms with van der Waals surface area (Å²) >= 11 is 5.90. The third-order valence-corrected chi connectivity index (χ3v) is 4.33. The maximum Gasteiger partial charge on any atom is 0.337 e. The highest BCUT2D eigenvalue weighted by Crippen LogP contribution is 2.27. The molecular weight excluding hydrogens is 332 g/mol. The Labute approximate surface area is 131 Å². The van der Waals surface area contributed by atoms with Crippen molar-refractivity contribution in [1.29, 1.82) is 0 Å². The predicted molar refractivity (Wildman–Crippen MR) is 80.0 cm³/mol. The average molecular weight is 343 g/mol. The number of carboxylic acids is 1. The van der Waals surface area contributed by atoms with Gasteiger partial charge in [0.1, 0.15) is 11.6 Å². The molecule has 0 aliphatic heterocycles. The van der Waals surface area contributed by atoms with Crippen LogP contribution in [0.4, 0.5) is 5.82 Å². The summed E-state index contributed by atoms with van der Waals surface area (Å²) in [6.07, 6.45) is 1.06. The summed E-state index contributed by atoms with van der Waals surface area (Å²) in [5, 5.41) is 8.91. The molecule has 0 amide bonds. The Morgan fingerprint density at radius 3 is 2.55 bits per heavy atom. The van der Waals surface area contributed by atoms with Crippen LogP contribution in [0.5, 0.6) is 5.75 Å². The van der Waals surface area contributed by atoms with Gasteiger partial charge in [-0.2, -0.15) is 0 Å². The minimum absolute atomic E-state index is 0.00283. The number of rotatable bonds is 5. The highest BCUT2D eigenvalue weighted by atomic mass is 35.5. The molecule has 0 spiro atoms. The van der Waals surface area contributed by atoms with Crippen molar-refractivity contribution in [3.05, 3.63) is 47.1 Å². The molecule has 0 radical (unpaired) electrons. The van der Waals surface area contributed by atoms with Gasteiger partial charge in [-0.3, -0.25) is 4.72 Å². The van der Waals surface area contributed by atoms with Gasteiger partial charge in [-0.1, -0.05) is 11.6 Å². The lowest BCUT2D eigenvalue weighted by atomic mass is 10.3. The van der Waals surface area contributed by atoms with Crippen LogP contribution < -0.4 is 9.46 Å². The first-order valence-electron chi connectivity index (χ1n) is 5.89. The molecule has 0 saturated carbocycles. The van der Waals surface area contributed by atoms with Crippen LogP contribution in [0.3, 0.4) is 0 Å². The number of halogens is 1. The van der Waals surface area contributed by atoms with Crippen LogP contribution in [0.15, 0.2) is 41.4 Å². The van der Waals surface area contributed by atoms with Crippen molar-refractivity contribution in [2.75, 3.05) is 11.8 Å². The molecular formula is C13H11ClN2O5S. The molecule has 1 aromatic heterocycles. The van der Waals surface area contributed by atoms with Gasteiger partial charge < -0.3 is 9.84 Å². The Balaban J connectivity index is 2.27. The molecule has 22 heavy (non-hydrogen) atoms.